The van der Waals surface area contributed by atoms with Gasteiger partial charge in [-0.3, -0.25) is 9.48 Å². The Balaban J connectivity index is 1.49. The van der Waals surface area contributed by atoms with Gasteiger partial charge in [0.25, 0.3) is 0 Å². The van der Waals surface area contributed by atoms with E-state index in [1.54, 1.807) is 0 Å². The number of aliphatic hydroxyl groups is 1. The van der Waals surface area contributed by atoms with Gasteiger partial charge < -0.3 is 5.11 Å². The van der Waals surface area contributed by atoms with Gasteiger partial charge in [-0.05, 0) is 86.7 Å². The Bertz CT molecular complexity index is 925. The Morgan fingerprint density at radius 2 is 1.93 bits per heavy atom. The van der Waals surface area contributed by atoms with Gasteiger partial charge in [0.15, 0.2) is 5.78 Å². The van der Waals surface area contributed by atoms with E-state index < -0.39 is 0 Å². The number of aromatic nitrogens is 2. The lowest BCUT2D eigenvalue weighted by Crippen LogP contribution is -2.50. The highest BCUT2D eigenvalue weighted by Crippen LogP contribution is 2.64. The number of Topliss-reactive ketones (excluding diaryl/α,β-unsaturated/α-hetero) is 1. The third-order valence-electron chi connectivity index (χ3n) is 9.10. The summed E-state index contributed by atoms with van der Waals surface area (Å²) in [6.45, 7) is 6.69. The van der Waals surface area contributed by atoms with Crippen LogP contribution < -0.4 is 0 Å². The quantitative estimate of drug-likeness (QED) is 0.559. The SMILES string of the molecule is Cc1nn(C)cc1C=C1CC2C3CC=C4CC(O)CCC4(C)C3CCC2(C)C1=O. The van der Waals surface area contributed by atoms with Gasteiger partial charge in [-0.2, -0.15) is 5.10 Å². The van der Waals surface area contributed by atoms with E-state index in [1.165, 1.54) is 5.57 Å². The van der Waals surface area contributed by atoms with E-state index in [1.807, 2.05) is 24.9 Å². The van der Waals surface area contributed by atoms with Gasteiger partial charge >= 0.3 is 0 Å². The maximum atomic E-state index is 13.5. The maximum Gasteiger partial charge on any atom is 0.165 e. The van der Waals surface area contributed by atoms with Crippen molar-refractivity contribution < 1.29 is 9.90 Å². The number of carbonyl (C=O) groups excluding carboxylic acids is 1. The summed E-state index contributed by atoms with van der Waals surface area (Å²) in [5.74, 6) is 2.06. The van der Waals surface area contributed by atoms with E-state index in [9.17, 15) is 9.90 Å². The Labute approximate surface area is 174 Å². The fraction of sp³-hybridized carbons (Fsp3) is 0.680. The number of hydrogen-bond acceptors (Lipinski definition) is 3. The minimum absolute atomic E-state index is 0.162. The van der Waals surface area contributed by atoms with E-state index in [-0.39, 0.29) is 16.9 Å². The standard InChI is InChI=1S/C25H34N2O2/c1-15-17(14-27(4)26-15)11-16-12-22-20-6-5-18-13-19(28)7-9-24(18,2)21(20)8-10-25(22,3)23(16)29/h5,11,14,19-22,28H,6-10,12-13H2,1-4H3. The average molecular weight is 395 g/mol. The van der Waals surface area contributed by atoms with Crippen molar-refractivity contribution in [1.82, 2.24) is 9.78 Å². The number of aryl methyl sites for hydroxylation is 2. The largest absolute Gasteiger partial charge is 0.393 e. The predicted molar refractivity (Wildman–Crippen MR) is 114 cm³/mol. The molecule has 0 spiro atoms. The van der Waals surface area contributed by atoms with Crippen molar-refractivity contribution in [2.75, 3.05) is 0 Å². The van der Waals surface area contributed by atoms with Crippen molar-refractivity contribution in [3.05, 3.63) is 34.7 Å². The third kappa shape index (κ3) is 2.74. The van der Waals surface area contributed by atoms with E-state index in [0.717, 1.165) is 61.8 Å². The summed E-state index contributed by atoms with van der Waals surface area (Å²) in [7, 11) is 1.94. The Kier molecular flexibility index (Phi) is 4.26. The van der Waals surface area contributed by atoms with Gasteiger partial charge in [0.2, 0.25) is 0 Å². The molecule has 0 amide bonds. The van der Waals surface area contributed by atoms with Crippen molar-refractivity contribution in [3.8, 4) is 0 Å². The van der Waals surface area contributed by atoms with E-state index in [4.69, 9.17) is 0 Å². The van der Waals surface area contributed by atoms with Crippen LogP contribution in [0, 0.1) is 35.5 Å². The number of rotatable bonds is 1. The molecule has 0 saturated heterocycles. The number of fused-ring (bicyclic) bond motifs is 5. The van der Waals surface area contributed by atoms with Gasteiger partial charge in [-0.15, -0.1) is 0 Å². The highest BCUT2D eigenvalue weighted by molar-refractivity contribution is 6.06. The van der Waals surface area contributed by atoms with Crippen LogP contribution in [-0.4, -0.2) is 26.8 Å². The van der Waals surface area contributed by atoms with Crippen LogP contribution in [0.5, 0.6) is 0 Å². The molecule has 4 nitrogen and oxygen atoms in total. The zero-order valence-corrected chi connectivity index (χ0v) is 18.2. The monoisotopic (exact) mass is 394 g/mol. The summed E-state index contributed by atoms with van der Waals surface area (Å²) >= 11 is 0. The topological polar surface area (TPSA) is 55.1 Å². The summed E-state index contributed by atoms with van der Waals surface area (Å²) in [4.78, 5) is 13.5. The van der Waals surface area contributed by atoms with Crippen molar-refractivity contribution in [3.63, 3.8) is 0 Å². The van der Waals surface area contributed by atoms with Crippen LogP contribution in [0.25, 0.3) is 6.08 Å². The molecule has 0 bridgehead atoms. The normalized spacial score (nSPS) is 43.0. The molecule has 29 heavy (non-hydrogen) atoms. The average Bonchev–Trinajstić information content (AvgIpc) is 3.12. The van der Waals surface area contributed by atoms with Crippen LogP contribution in [0.3, 0.4) is 0 Å². The predicted octanol–water partition coefficient (Wildman–Crippen LogP) is 4.61. The Morgan fingerprint density at radius 3 is 2.66 bits per heavy atom. The molecule has 1 aromatic rings. The number of nitrogens with zero attached hydrogens (tertiary/aromatic N) is 2. The van der Waals surface area contributed by atoms with E-state index in [0.29, 0.717) is 23.5 Å². The lowest BCUT2D eigenvalue weighted by Gasteiger charge is -2.56. The number of aliphatic hydroxyl groups excluding tert-OH is 1. The van der Waals surface area contributed by atoms with Gasteiger partial charge in [0.05, 0.1) is 11.8 Å². The molecule has 4 aliphatic rings. The lowest BCUT2D eigenvalue weighted by molar-refractivity contribution is -0.130. The van der Waals surface area contributed by atoms with Crippen LogP contribution in [0.1, 0.15) is 70.1 Å². The maximum absolute atomic E-state index is 13.5. The number of hydrogen-bond donors (Lipinski definition) is 1. The molecule has 5 rings (SSSR count). The minimum atomic E-state index is -0.209. The fourth-order valence-electron chi connectivity index (χ4n) is 7.39. The zero-order valence-electron chi connectivity index (χ0n) is 18.2. The molecule has 6 unspecified atom stereocenters. The molecule has 156 valence electrons. The molecule has 6 atom stereocenters. The first-order valence-corrected chi connectivity index (χ1v) is 11.4. The fourth-order valence-corrected chi connectivity index (χ4v) is 7.39. The summed E-state index contributed by atoms with van der Waals surface area (Å²) in [5, 5.41) is 14.6. The second kappa shape index (κ2) is 6.41. The molecule has 1 N–H and O–H groups in total. The second-order valence-electron chi connectivity index (χ2n) is 10.7. The van der Waals surface area contributed by atoms with Gasteiger partial charge in [0.1, 0.15) is 0 Å². The van der Waals surface area contributed by atoms with Crippen LogP contribution >= 0.6 is 0 Å². The molecule has 3 saturated carbocycles. The Morgan fingerprint density at radius 1 is 1.17 bits per heavy atom. The molecule has 4 aliphatic carbocycles. The lowest BCUT2D eigenvalue weighted by atomic mass is 9.48. The summed E-state index contributed by atoms with van der Waals surface area (Å²) in [6, 6.07) is 0. The molecule has 3 fully saturated rings. The molecular formula is C25H34N2O2. The Hall–Kier alpha value is -1.68. The highest BCUT2D eigenvalue weighted by Gasteiger charge is 2.59. The third-order valence-corrected chi connectivity index (χ3v) is 9.10. The molecule has 0 aliphatic heterocycles. The highest BCUT2D eigenvalue weighted by atomic mass is 16.3. The first kappa shape index (κ1) is 19.3. The van der Waals surface area contributed by atoms with Crippen LogP contribution in [0.4, 0.5) is 0 Å². The van der Waals surface area contributed by atoms with Gasteiger partial charge in [-0.25, -0.2) is 0 Å². The van der Waals surface area contributed by atoms with Crippen molar-refractivity contribution >= 4 is 11.9 Å². The first-order valence-electron chi connectivity index (χ1n) is 11.4. The van der Waals surface area contributed by atoms with Crippen molar-refractivity contribution in [2.24, 2.45) is 35.6 Å². The smallest absolute Gasteiger partial charge is 0.165 e. The molecule has 4 heteroatoms. The van der Waals surface area contributed by atoms with Gasteiger partial charge in [0, 0.05) is 24.2 Å². The molecule has 1 aromatic heterocycles. The second-order valence-corrected chi connectivity index (χ2v) is 10.7. The van der Waals surface area contributed by atoms with Crippen LogP contribution in [0.15, 0.2) is 23.4 Å². The van der Waals surface area contributed by atoms with Gasteiger partial charge in [-0.1, -0.05) is 25.5 Å². The van der Waals surface area contributed by atoms with E-state index in [2.05, 4.69) is 31.1 Å². The number of ketones is 1. The van der Waals surface area contributed by atoms with Crippen molar-refractivity contribution in [2.45, 2.75) is 71.8 Å². The first-order chi connectivity index (χ1) is 13.7. The van der Waals surface area contributed by atoms with Crippen LogP contribution in [0.2, 0.25) is 0 Å². The summed E-state index contributed by atoms with van der Waals surface area (Å²) < 4.78 is 1.83. The van der Waals surface area contributed by atoms with E-state index >= 15 is 0 Å². The zero-order chi connectivity index (χ0) is 20.6. The molecule has 0 radical (unpaired) electrons. The van der Waals surface area contributed by atoms with Crippen LogP contribution in [-0.2, 0) is 11.8 Å². The molecule has 1 heterocycles. The van der Waals surface area contributed by atoms with Crippen molar-refractivity contribution in [1.29, 1.82) is 0 Å². The number of allylic oxidation sites excluding steroid dienone is 2. The summed E-state index contributed by atoms with van der Waals surface area (Å²) in [6.07, 6.45) is 13.4. The summed E-state index contributed by atoms with van der Waals surface area (Å²) in [5.41, 5.74) is 4.58. The molecular weight excluding hydrogens is 360 g/mol. The number of carbonyl (C=O) groups is 1. The molecule has 0 aromatic carbocycles. The minimum Gasteiger partial charge on any atom is -0.393 e.